The van der Waals surface area contributed by atoms with E-state index in [0.717, 1.165) is 12.5 Å². The second-order valence-corrected chi connectivity index (χ2v) is 5.40. The van der Waals surface area contributed by atoms with E-state index in [1.165, 1.54) is 39.0 Å². The number of nitrogens with zero attached hydrogens (tertiary/aromatic N) is 2. The summed E-state index contributed by atoms with van der Waals surface area (Å²) in [5.41, 5.74) is 0. The van der Waals surface area contributed by atoms with Crippen LogP contribution in [0.4, 0.5) is 0 Å². The Labute approximate surface area is 101 Å². The maximum Gasteiger partial charge on any atom is 0.0221 e. The van der Waals surface area contributed by atoms with Crippen LogP contribution in [0.25, 0.3) is 0 Å². The Morgan fingerprint density at radius 2 is 2.19 bits per heavy atom. The zero-order valence-corrected chi connectivity index (χ0v) is 11.5. The third kappa shape index (κ3) is 4.81. The van der Waals surface area contributed by atoms with E-state index in [1.807, 2.05) is 0 Å². The lowest BCUT2D eigenvalue weighted by atomic mass is 9.97. The fourth-order valence-corrected chi connectivity index (χ4v) is 2.32. The molecule has 96 valence electrons. The van der Waals surface area contributed by atoms with Crippen LogP contribution in [0.2, 0.25) is 0 Å². The highest BCUT2D eigenvalue weighted by atomic mass is 15.2. The molecule has 1 aliphatic rings. The quantitative estimate of drug-likeness (QED) is 0.737. The van der Waals surface area contributed by atoms with Gasteiger partial charge in [0.25, 0.3) is 0 Å². The summed E-state index contributed by atoms with van der Waals surface area (Å²) in [7, 11) is 4.31. The third-order valence-electron chi connectivity index (χ3n) is 3.70. The average Bonchev–Trinajstić information content (AvgIpc) is 2.28. The fraction of sp³-hybridized carbons (Fsp3) is 1.00. The minimum Gasteiger partial charge on any atom is -0.311 e. The lowest BCUT2D eigenvalue weighted by Gasteiger charge is -2.36. The van der Waals surface area contributed by atoms with Crippen LogP contribution in [-0.4, -0.2) is 62.7 Å². The van der Waals surface area contributed by atoms with Crippen molar-refractivity contribution in [2.45, 2.75) is 32.7 Å². The minimum absolute atomic E-state index is 0.707. The molecule has 2 unspecified atom stereocenters. The first-order chi connectivity index (χ1) is 7.63. The number of hydrogen-bond donors (Lipinski definition) is 1. The van der Waals surface area contributed by atoms with Gasteiger partial charge in [-0.05, 0) is 39.5 Å². The first kappa shape index (κ1) is 13.9. The maximum absolute atomic E-state index is 3.65. The maximum atomic E-state index is 3.65. The van der Waals surface area contributed by atoms with Crippen LogP contribution in [0.5, 0.6) is 0 Å². The highest BCUT2D eigenvalue weighted by molar-refractivity contribution is 4.81. The van der Waals surface area contributed by atoms with Crippen molar-refractivity contribution in [2.24, 2.45) is 5.92 Å². The molecule has 0 amide bonds. The standard InChI is InChI=1S/C13H29N3/c1-5-12(2)13-11-16(10-7-14-13)9-6-8-15(3)4/h12-14H,5-11H2,1-4H3. The molecule has 0 radical (unpaired) electrons. The van der Waals surface area contributed by atoms with Gasteiger partial charge in [0.2, 0.25) is 0 Å². The van der Waals surface area contributed by atoms with Crippen LogP contribution < -0.4 is 5.32 Å². The molecule has 0 spiro atoms. The Morgan fingerprint density at radius 3 is 2.81 bits per heavy atom. The zero-order valence-electron chi connectivity index (χ0n) is 11.5. The van der Waals surface area contributed by atoms with Gasteiger partial charge >= 0.3 is 0 Å². The highest BCUT2D eigenvalue weighted by Gasteiger charge is 2.22. The van der Waals surface area contributed by atoms with E-state index in [2.05, 4.69) is 43.1 Å². The normalized spacial score (nSPS) is 24.9. The van der Waals surface area contributed by atoms with Gasteiger partial charge in [-0.1, -0.05) is 20.3 Å². The van der Waals surface area contributed by atoms with Gasteiger partial charge in [-0.3, -0.25) is 0 Å². The zero-order chi connectivity index (χ0) is 12.0. The fourth-order valence-electron chi connectivity index (χ4n) is 2.32. The Kier molecular flexibility index (Phi) is 6.32. The molecule has 3 heteroatoms. The SMILES string of the molecule is CCC(C)C1CN(CCCN(C)C)CCN1. The van der Waals surface area contributed by atoms with E-state index in [1.54, 1.807) is 0 Å². The van der Waals surface area contributed by atoms with Crippen LogP contribution >= 0.6 is 0 Å². The summed E-state index contributed by atoms with van der Waals surface area (Å²) in [6.07, 6.45) is 2.57. The van der Waals surface area contributed by atoms with Gasteiger partial charge in [-0.25, -0.2) is 0 Å². The van der Waals surface area contributed by atoms with E-state index in [4.69, 9.17) is 0 Å². The van der Waals surface area contributed by atoms with Crippen LogP contribution in [0.3, 0.4) is 0 Å². The molecule has 1 fully saturated rings. The molecular weight excluding hydrogens is 198 g/mol. The van der Waals surface area contributed by atoms with Crippen molar-refractivity contribution in [3.05, 3.63) is 0 Å². The molecule has 0 saturated carbocycles. The highest BCUT2D eigenvalue weighted by Crippen LogP contribution is 2.12. The topological polar surface area (TPSA) is 18.5 Å². The molecule has 1 N–H and O–H groups in total. The molecule has 16 heavy (non-hydrogen) atoms. The van der Waals surface area contributed by atoms with Crippen molar-refractivity contribution in [3.8, 4) is 0 Å². The van der Waals surface area contributed by atoms with E-state index in [9.17, 15) is 0 Å². The largest absolute Gasteiger partial charge is 0.311 e. The molecule has 1 heterocycles. The van der Waals surface area contributed by atoms with Crippen molar-refractivity contribution in [2.75, 3.05) is 46.8 Å². The van der Waals surface area contributed by atoms with Crippen LogP contribution in [0.1, 0.15) is 26.7 Å². The van der Waals surface area contributed by atoms with Crippen molar-refractivity contribution in [3.63, 3.8) is 0 Å². The Morgan fingerprint density at radius 1 is 1.44 bits per heavy atom. The number of rotatable bonds is 6. The van der Waals surface area contributed by atoms with Crippen LogP contribution in [0, 0.1) is 5.92 Å². The predicted octanol–water partition coefficient (Wildman–Crippen LogP) is 1.26. The molecule has 1 rings (SSSR count). The monoisotopic (exact) mass is 227 g/mol. The Hall–Kier alpha value is -0.120. The molecule has 2 atom stereocenters. The van der Waals surface area contributed by atoms with Crippen molar-refractivity contribution >= 4 is 0 Å². The van der Waals surface area contributed by atoms with E-state index < -0.39 is 0 Å². The molecule has 0 aliphatic carbocycles. The van der Waals surface area contributed by atoms with Crippen LogP contribution in [-0.2, 0) is 0 Å². The molecule has 0 aromatic rings. The Balaban J connectivity index is 2.22. The summed E-state index contributed by atoms with van der Waals surface area (Å²) in [5.74, 6) is 0.802. The van der Waals surface area contributed by atoms with Crippen molar-refractivity contribution < 1.29 is 0 Å². The summed E-state index contributed by atoms with van der Waals surface area (Å²) in [6.45, 7) is 10.7. The lowest BCUT2D eigenvalue weighted by molar-refractivity contribution is 0.163. The smallest absolute Gasteiger partial charge is 0.0221 e. The number of nitrogens with one attached hydrogen (secondary N) is 1. The second kappa shape index (κ2) is 7.25. The Bertz CT molecular complexity index is 182. The first-order valence-electron chi connectivity index (χ1n) is 6.74. The van der Waals surface area contributed by atoms with Crippen molar-refractivity contribution in [1.29, 1.82) is 0 Å². The summed E-state index contributed by atoms with van der Waals surface area (Å²) < 4.78 is 0. The molecule has 1 aliphatic heterocycles. The van der Waals surface area contributed by atoms with Gasteiger partial charge in [0.05, 0.1) is 0 Å². The molecular formula is C13H29N3. The molecule has 0 aromatic heterocycles. The molecule has 0 aromatic carbocycles. The van der Waals surface area contributed by atoms with Gasteiger partial charge in [-0.2, -0.15) is 0 Å². The summed E-state index contributed by atoms with van der Waals surface area (Å²) in [5, 5.41) is 3.65. The number of piperazine rings is 1. The minimum atomic E-state index is 0.707. The lowest BCUT2D eigenvalue weighted by Crippen LogP contribution is -2.53. The molecule has 3 nitrogen and oxygen atoms in total. The van der Waals surface area contributed by atoms with Gasteiger partial charge in [0.1, 0.15) is 0 Å². The van der Waals surface area contributed by atoms with Crippen molar-refractivity contribution in [1.82, 2.24) is 15.1 Å². The second-order valence-electron chi connectivity index (χ2n) is 5.40. The van der Waals surface area contributed by atoms with E-state index >= 15 is 0 Å². The molecule has 1 saturated heterocycles. The summed E-state index contributed by atoms with van der Waals surface area (Å²) in [4.78, 5) is 4.89. The molecule has 0 bridgehead atoms. The first-order valence-corrected chi connectivity index (χ1v) is 6.74. The van der Waals surface area contributed by atoms with Gasteiger partial charge in [-0.15, -0.1) is 0 Å². The summed E-state index contributed by atoms with van der Waals surface area (Å²) >= 11 is 0. The van der Waals surface area contributed by atoms with Gasteiger partial charge in [0.15, 0.2) is 0 Å². The van der Waals surface area contributed by atoms with E-state index in [0.29, 0.717) is 6.04 Å². The van der Waals surface area contributed by atoms with Crippen LogP contribution in [0.15, 0.2) is 0 Å². The average molecular weight is 227 g/mol. The third-order valence-corrected chi connectivity index (χ3v) is 3.70. The number of hydrogen-bond acceptors (Lipinski definition) is 3. The van der Waals surface area contributed by atoms with Gasteiger partial charge < -0.3 is 15.1 Å². The van der Waals surface area contributed by atoms with Gasteiger partial charge in [0, 0.05) is 25.7 Å². The predicted molar refractivity (Wildman–Crippen MR) is 70.9 cm³/mol. The van der Waals surface area contributed by atoms with E-state index in [-0.39, 0.29) is 0 Å². The summed E-state index contributed by atoms with van der Waals surface area (Å²) in [6, 6.07) is 0.707.